The Morgan fingerprint density at radius 3 is 2.61 bits per heavy atom. The van der Waals surface area contributed by atoms with Gasteiger partial charge in [0.05, 0.1) is 6.54 Å². The van der Waals surface area contributed by atoms with Crippen LogP contribution in [0.1, 0.15) is 11.1 Å². The van der Waals surface area contributed by atoms with Gasteiger partial charge < -0.3 is 10.4 Å². The van der Waals surface area contributed by atoms with Gasteiger partial charge in [-0.1, -0.05) is 41.4 Å². The number of benzene rings is 2. The Kier molecular flexibility index (Phi) is 4.02. The molecule has 3 rings (SSSR count). The highest BCUT2D eigenvalue weighted by Gasteiger charge is 2.49. The summed E-state index contributed by atoms with van der Waals surface area (Å²) in [6.45, 7) is -0.412. The van der Waals surface area contributed by atoms with Crippen LogP contribution in [0.3, 0.4) is 0 Å². The molecular weight excluding hydrogens is 339 g/mol. The van der Waals surface area contributed by atoms with Gasteiger partial charge in [0, 0.05) is 26.9 Å². The maximum absolute atomic E-state index is 12.8. The predicted octanol–water partition coefficient (Wildman–Crippen LogP) is 2.86. The molecule has 1 atom stereocenters. The van der Waals surface area contributed by atoms with Crippen molar-refractivity contribution in [3.8, 4) is 0 Å². The van der Waals surface area contributed by atoms with Gasteiger partial charge in [0.15, 0.2) is 5.54 Å². The molecule has 0 aromatic heterocycles. The van der Waals surface area contributed by atoms with Crippen molar-refractivity contribution in [1.82, 2.24) is 5.32 Å². The van der Waals surface area contributed by atoms with E-state index in [1.165, 1.54) is 0 Å². The number of hydrogen-bond acceptors (Lipinski definition) is 3. The van der Waals surface area contributed by atoms with Gasteiger partial charge in [-0.15, -0.1) is 0 Å². The van der Waals surface area contributed by atoms with Crippen molar-refractivity contribution in [2.45, 2.75) is 5.54 Å². The summed E-state index contributed by atoms with van der Waals surface area (Å²) in [5.74, 6) is -1.48. The van der Waals surface area contributed by atoms with Crippen LogP contribution in [0.25, 0.3) is 0 Å². The van der Waals surface area contributed by atoms with Gasteiger partial charge in [-0.05, 0) is 24.3 Å². The summed E-state index contributed by atoms with van der Waals surface area (Å²) in [6.07, 6.45) is 0. The number of amides is 1. The Bertz CT molecular complexity index is 810. The molecule has 1 heterocycles. The fraction of sp³-hybridized carbons (Fsp3) is 0.125. The number of carbonyl (C=O) groups excluding carboxylic acids is 1. The number of halogens is 2. The van der Waals surface area contributed by atoms with Crippen molar-refractivity contribution in [1.29, 1.82) is 0 Å². The molecule has 1 unspecified atom stereocenters. The zero-order valence-corrected chi connectivity index (χ0v) is 13.3. The SMILES string of the molecule is O=C(O)CNC1(c2ccccc2Cl)C(=O)Nc2ccc(Cl)cc21. The summed E-state index contributed by atoms with van der Waals surface area (Å²) >= 11 is 12.4. The molecule has 1 aliphatic heterocycles. The summed E-state index contributed by atoms with van der Waals surface area (Å²) in [7, 11) is 0. The molecule has 1 amide bonds. The zero-order chi connectivity index (χ0) is 16.6. The van der Waals surface area contributed by atoms with Gasteiger partial charge in [-0.2, -0.15) is 0 Å². The monoisotopic (exact) mass is 350 g/mol. The Balaban J connectivity index is 2.26. The minimum absolute atomic E-state index is 0.355. The molecule has 0 radical (unpaired) electrons. The number of anilines is 1. The molecule has 7 heteroatoms. The van der Waals surface area contributed by atoms with Crippen molar-refractivity contribution < 1.29 is 14.7 Å². The van der Waals surface area contributed by atoms with E-state index in [1.54, 1.807) is 42.5 Å². The Morgan fingerprint density at radius 1 is 1.17 bits per heavy atom. The molecule has 0 saturated heterocycles. The average molecular weight is 351 g/mol. The lowest BCUT2D eigenvalue weighted by atomic mass is 9.83. The molecule has 118 valence electrons. The third-order valence-electron chi connectivity index (χ3n) is 3.76. The second kappa shape index (κ2) is 5.85. The van der Waals surface area contributed by atoms with Crippen LogP contribution in [0.5, 0.6) is 0 Å². The number of fused-ring (bicyclic) bond motifs is 1. The lowest BCUT2D eigenvalue weighted by molar-refractivity contribution is -0.136. The molecule has 0 saturated carbocycles. The normalized spacial score (nSPS) is 19.3. The van der Waals surface area contributed by atoms with E-state index >= 15 is 0 Å². The number of carbonyl (C=O) groups is 2. The summed E-state index contributed by atoms with van der Waals surface area (Å²) in [4.78, 5) is 23.8. The molecule has 0 bridgehead atoms. The molecular formula is C16H12Cl2N2O3. The van der Waals surface area contributed by atoms with Crippen LogP contribution in [0, 0.1) is 0 Å². The minimum atomic E-state index is -1.41. The van der Waals surface area contributed by atoms with Gasteiger partial charge in [0.1, 0.15) is 0 Å². The Morgan fingerprint density at radius 2 is 1.91 bits per heavy atom. The number of carboxylic acid groups (broad SMARTS) is 1. The Hall–Kier alpha value is -2.08. The topological polar surface area (TPSA) is 78.4 Å². The van der Waals surface area contributed by atoms with Gasteiger partial charge in [-0.25, -0.2) is 0 Å². The molecule has 2 aromatic carbocycles. The smallest absolute Gasteiger partial charge is 0.317 e. The molecule has 23 heavy (non-hydrogen) atoms. The lowest BCUT2D eigenvalue weighted by Crippen LogP contribution is -2.51. The van der Waals surface area contributed by atoms with Crippen LogP contribution in [0.15, 0.2) is 42.5 Å². The number of hydrogen-bond donors (Lipinski definition) is 3. The van der Waals surface area contributed by atoms with Crippen molar-refractivity contribution >= 4 is 40.8 Å². The lowest BCUT2D eigenvalue weighted by Gasteiger charge is -2.29. The van der Waals surface area contributed by atoms with E-state index in [0.29, 0.717) is 26.9 Å². The number of nitrogens with one attached hydrogen (secondary N) is 2. The Labute approximate surface area is 142 Å². The zero-order valence-electron chi connectivity index (χ0n) is 11.8. The average Bonchev–Trinajstić information content (AvgIpc) is 2.78. The van der Waals surface area contributed by atoms with E-state index in [2.05, 4.69) is 10.6 Å². The van der Waals surface area contributed by atoms with E-state index in [0.717, 1.165) is 0 Å². The van der Waals surface area contributed by atoms with E-state index in [4.69, 9.17) is 28.3 Å². The van der Waals surface area contributed by atoms with E-state index < -0.39 is 24.0 Å². The quantitative estimate of drug-likeness (QED) is 0.792. The van der Waals surface area contributed by atoms with Gasteiger partial charge in [-0.3, -0.25) is 14.9 Å². The first-order chi connectivity index (χ1) is 10.9. The fourth-order valence-corrected chi connectivity index (χ4v) is 3.24. The van der Waals surface area contributed by atoms with Crippen molar-refractivity contribution in [3.05, 3.63) is 63.6 Å². The molecule has 0 aliphatic carbocycles. The van der Waals surface area contributed by atoms with E-state index in [9.17, 15) is 9.59 Å². The highest BCUT2D eigenvalue weighted by Crippen LogP contribution is 2.44. The van der Waals surface area contributed by atoms with Crippen molar-refractivity contribution in [2.24, 2.45) is 0 Å². The van der Waals surface area contributed by atoms with Crippen molar-refractivity contribution in [3.63, 3.8) is 0 Å². The summed E-state index contributed by atoms with van der Waals surface area (Å²) in [5, 5.41) is 15.4. The van der Waals surface area contributed by atoms with Crippen molar-refractivity contribution in [2.75, 3.05) is 11.9 Å². The van der Waals surface area contributed by atoms with Crippen LogP contribution in [0.2, 0.25) is 10.0 Å². The number of aliphatic carboxylic acids is 1. The maximum Gasteiger partial charge on any atom is 0.317 e. The molecule has 2 aromatic rings. The standard InChI is InChI=1S/C16H12Cl2N2O3/c17-9-5-6-13-11(7-9)16(15(23)20-13,19-8-14(21)22)10-3-1-2-4-12(10)18/h1-7,19H,8H2,(H,20,23)(H,21,22). The van der Waals surface area contributed by atoms with Crippen LogP contribution < -0.4 is 10.6 Å². The van der Waals surface area contributed by atoms with Gasteiger partial charge in [0.2, 0.25) is 0 Å². The highest BCUT2D eigenvalue weighted by molar-refractivity contribution is 6.32. The number of carboxylic acids is 1. The van der Waals surface area contributed by atoms with Crippen LogP contribution in [-0.2, 0) is 15.1 Å². The molecule has 0 fully saturated rings. The largest absolute Gasteiger partial charge is 0.480 e. The highest BCUT2D eigenvalue weighted by atomic mass is 35.5. The second-order valence-electron chi connectivity index (χ2n) is 5.12. The minimum Gasteiger partial charge on any atom is -0.480 e. The molecule has 5 nitrogen and oxygen atoms in total. The molecule has 1 aliphatic rings. The summed E-state index contributed by atoms with van der Waals surface area (Å²) in [5.41, 5.74) is 0.180. The maximum atomic E-state index is 12.8. The summed E-state index contributed by atoms with van der Waals surface area (Å²) in [6, 6.07) is 11.8. The molecule has 3 N–H and O–H groups in total. The van der Waals surface area contributed by atoms with Gasteiger partial charge >= 0.3 is 5.97 Å². The fourth-order valence-electron chi connectivity index (χ4n) is 2.79. The number of rotatable bonds is 4. The first-order valence-corrected chi connectivity index (χ1v) is 7.54. The first-order valence-electron chi connectivity index (χ1n) is 6.78. The summed E-state index contributed by atoms with van der Waals surface area (Å²) < 4.78 is 0. The van der Waals surface area contributed by atoms with Gasteiger partial charge in [0.25, 0.3) is 5.91 Å². The molecule has 0 spiro atoms. The van der Waals surface area contributed by atoms with E-state index in [1.807, 2.05) is 0 Å². The first kappa shape index (κ1) is 15.8. The third-order valence-corrected chi connectivity index (χ3v) is 4.32. The predicted molar refractivity (Wildman–Crippen MR) is 88.0 cm³/mol. The van der Waals surface area contributed by atoms with Crippen LogP contribution in [0.4, 0.5) is 5.69 Å². The van der Waals surface area contributed by atoms with Crippen LogP contribution >= 0.6 is 23.2 Å². The third kappa shape index (κ3) is 2.57. The second-order valence-corrected chi connectivity index (χ2v) is 5.96. The van der Waals surface area contributed by atoms with Crippen LogP contribution in [-0.4, -0.2) is 23.5 Å². The van der Waals surface area contributed by atoms with E-state index in [-0.39, 0.29) is 0 Å².